The van der Waals surface area contributed by atoms with E-state index in [0.29, 0.717) is 11.4 Å². The normalized spacial score (nSPS) is 16.8. The minimum absolute atomic E-state index is 0.135. The highest BCUT2D eigenvalue weighted by atomic mass is 15.0. The van der Waals surface area contributed by atoms with Crippen molar-refractivity contribution >= 4 is 11.5 Å². The Labute approximate surface area is 316 Å². The highest BCUT2D eigenvalue weighted by molar-refractivity contribution is 6.12. The van der Waals surface area contributed by atoms with Crippen LogP contribution in [0.1, 0.15) is 75.5 Å². The number of benzene rings is 7. The second kappa shape index (κ2) is 12.2. The number of amidine groups is 1. The number of aliphatic imine (C=N–C) groups is 1. The van der Waals surface area contributed by atoms with Crippen LogP contribution in [0.4, 0.5) is 0 Å². The summed E-state index contributed by atoms with van der Waals surface area (Å²) >= 11 is 0. The molecule has 1 atom stereocenters. The molecule has 1 unspecified atom stereocenters. The average Bonchev–Trinajstić information content (AvgIpc) is 3.53. The summed E-state index contributed by atoms with van der Waals surface area (Å²) in [5.41, 5.74) is 16.9. The van der Waals surface area contributed by atoms with E-state index < -0.39 is 5.41 Å². The second-order valence-corrected chi connectivity index (χ2v) is 15.0. The Kier molecular flexibility index (Phi) is 7.19. The number of rotatable bonds is 4. The lowest BCUT2D eigenvalue weighted by Gasteiger charge is -2.46. The highest BCUT2D eigenvalue weighted by Crippen LogP contribution is 2.62. The van der Waals surface area contributed by atoms with Gasteiger partial charge >= 0.3 is 0 Å². The standard InChI is InChI=1S/C51H36N3/c1-50(2)42-19-8-10-21-44(42)51(45-22-11-9-20-43(45)50)41-18-7-6-17-39(41)40-28-27-37(30-46(40)51)34-23-25-36(26-24-34)49-53-47(35-14-4-3-5-15-35)31-48(54-49)38-16-12-13-33(29-38)32-52/h3-31,48H,1-2H3/q-1. The van der Waals surface area contributed by atoms with Crippen molar-refractivity contribution < 1.29 is 0 Å². The molecule has 0 fully saturated rings. The van der Waals surface area contributed by atoms with Crippen molar-refractivity contribution in [2.45, 2.75) is 30.7 Å². The van der Waals surface area contributed by atoms with E-state index in [1.807, 2.05) is 42.5 Å². The molecule has 1 aliphatic heterocycles. The van der Waals surface area contributed by atoms with E-state index in [0.717, 1.165) is 28.0 Å². The molecular weight excluding hydrogens is 655 g/mol. The molecule has 10 rings (SSSR count). The third kappa shape index (κ3) is 4.70. The van der Waals surface area contributed by atoms with Gasteiger partial charge in [0.2, 0.25) is 0 Å². The molecule has 0 aromatic heterocycles. The zero-order valence-electron chi connectivity index (χ0n) is 30.2. The zero-order chi connectivity index (χ0) is 36.4. The monoisotopic (exact) mass is 690 g/mol. The summed E-state index contributed by atoms with van der Waals surface area (Å²) in [6, 6.07) is 62.8. The molecule has 54 heavy (non-hydrogen) atoms. The molecule has 3 heteroatoms. The molecule has 7 aromatic carbocycles. The number of nitrogens with zero attached hydrogens (tertiary/aromatic N) is 3. The van der Waals surface area contributed by atoms with E-state index in [1.165, 1.54) is 50.1 Å². The lowest BCUT2D eigenvalue weighted by molar-refractivity contribution is 0.563. The molecule has 3 nitrogen and oxygen atoms in total. The topological polar surface area (TPSA) is 50.2 Å². The van der Waals surface area contributed by atoms with E-state index in [9.17, 15) is 5.26 Å². The fraction of sp³-hybridized carbons (Fsp3) is 0.0980. The molecule has 7 aromatic rings. The molecule has 0 saturated heterocycles. The average molecular weight is 691 g/mol. The van der Waals surface area contributed by atoms with Crippen molar-refractivity contribution in [2.75, 3.05) is 0 Å². The Morgan fingerprint density at radius 3 is 1.81 bits per heavy atom. The van der Waals surface area contributed by atoms with Crippen molar-refractivity contribution in [1.82, 2.24) is 0 Å². The van der Waals surface area contributed by atoms with Gasteiger partial charge < -0.3 is 10.3 Å². The minimum atomic E-state index is -0.432. The molecule has 0 bridgehead atoms. The molecule has 0 N–H and O–H groups in total. The Balaban J connectivity index is 1.09. The van der Waals surface area contributed by atoms with Gasteiger partial charge in [-0.05, 0) is 96.2 Å². The lowest BCUT2D eigenvalue weighted by atomic mass is 9.55. The van der Waals surface area contributed by atoms with Crippen molar-refractivity contribution in [3.8, 4) is 28.3 Å². The third-order valence-corrected chi connectivity index (χ3v) is 11.8. The van der Waals surface area contributed by atoms with Crippen molar-refractivity contribution in [1.29, 1.82) is 5.26 Å². The third-order valence-electron chi connectivity index (χ3n) is 11.8. The molecular formula is C51H36N3-. The summed E-state index contributed by atoms with van der Waals surface area (Å²) in [4.78, 5) is 5.07. The maximum Gasteiger partial charge on any atom is 0.0991 e. The van der Waals surface area contributed by atoms with Gasteiger partial charge in [-0.3, -0.25) is 0 Å². The lowest BCUT2D eigenvalue weighted by Crippen LogP contribution is -2.40. The molecule has 256 valence electrons. The molecule has 2 aliphatic carbocycles. The number of hydrogen-bond donors (Lipinski definition) is 0. The van der Waals surface area contributed by atoms with Gasteiger partial charge in [-0.25, -0.2) is 0 Å². The molecule has 1 spiro atoms. The van der Waals surface area contributed by atoms with Crippen LogP contribution in [0.3, 0.4) is 0 Å². The van der Waals surface area contributed by atoms with E-state index in [4.69, 9.17) is 10.3 Å². The van der Waals surface area contributed by atoms with Gasteiger partial charge in [0.05, 0.1) is 17.0 Å². The molecule has 1 heterocycles. The Morgan fingerprint density at radius 2 is 1.11 bits per heavy atom. The van der Waals surface area contributed by atoms with Crippen molar-refractivity contribution in [3.05, 3.63) is 237 Å². The smallest absolute Gasteiger partial charge is 0.0991 e. The van der Waals surface area contributed by atoms with Crippen LogP contribution in [-0.2, 0) is 10.8 Å². The maximum absolute atomic E-state index is 9.60. The van der Waals surface area contributed by atoms with E-state index in [-0.39, 0.29) is 11.5 Å². The van der Waals surface area contributed by atoms with Crippen LogP contribution in [0.15, 0.2) is 181 Å². The van der Waals surface area contributed by atoms with Gasteiger partial charge in [0.25, 0.3) is 0 Å². The summed E-state index contributed by atoms with van der Waals surface area (Å²) in [6.45, 7) is 4.73. The first-order valence-corrected chi connectivity index (χ1v) is 18.6. The molecule has 0 saturated carbocycles. The largest absolute Gasteiger partial charge is 0.454 e. The minimum Gasteiger partial charge on any atom is -0.454 e. The number of fused-ring (bicyclic) bond motifs is 9. The first kappa shape index (κ1) is 31.9. The molecule has 3 aliphatic rings. The molecule has 0 amide bonds. The van der Waals surface area contributed by atoms with Gasteiger partial charge in [-0.15, -0.1) is 0 Å². The van der Waals surface area contributed by atoms with Crippen LogP contribution in [0.25, 0.3) is 33.3 Å². The van der Waals surface area contributed by atoms with Gasteiger partial charge in [-0.2, -0.15) is 5.26 Å². The summed E-state index contributed by atoms with van der Waals surface area (Å²) in [5, 5.41) is 14.7. The summed E-state index contributed by atoms with van der Waals surface area (Å²) < 4.78 is 0. The maximum atomic E-state index is 9.60. The van der Waals surface area contributed by atoms with E-state index in [1.54, 1.807) is 0 Å². The van der Waals surface area contributed by atoms with Crippen molar-refractivity contribution in [3.63, 3.8) is 0 Å². The zero-order valence-corrected chi connectivity index (χ0v) is 30.2. The molecule has 0 radical (unpaired) electrons. The number of hydrogen-bond acceptors (Lipinski definition) is 2. The highest BCUT2D eigenvalue weighted by Gasteiger charge is 2.53. The van der Waals surface area contributed by atoms with Gasteiger partial charge in [0, 0.05) is 11.5 Å². The number of nitriles is 1. The predicted molar refractivity (Wildman–Crippen MR) is 220 cm³/mol. The fourth-order valence-corrected chi connectivity index (χ4v) is 9.22. The van der Waals surface area contributed by atoms with Gasteiger partial charge in [-0.1, -0.05) is 177 Å². The fourth-order valence-electron chi connectivity index (χ4n) is 9.22. The van der Waals surface area contributed by atoms with Crippen molar-refractivity contribution in [2.24, 2.45) is 4.99 Å². The summed E-state index contributed by atoms with van der Waals surface area (Å²) in [5.74, 6) is 0.677. The van der Waals surface area contributed by atoms with Crippen LogP contribution in [0, 0.1) is 11.3 Å². The quantitative estimate of drug-likeness (QED) is 0.181. The second-order valence-electron chi connectivity index (χ2n) is 15.0. The Bertz CT molecular complexity index is 2680. The SMILES string of the molecule is CC1(C)c2ccccc2C2(c3ccccc3-c3ccc(-c4ccc(C5=NC(c6ccccc6)=CC(c6cccc(C#N)c6)[N-]5)cc4)cc32)c2ccccc21. The van der Waals surface area contributed by atoms with E-state index in [2.05, 4.69) is 153 Å². The summed E-state index contributed by atoms with van der Waals surface area (Å²) in [7, 11) is 0. The predicted octanol–water partition coefficient (Wildman–Crippen LogP) is 12.1. The van der Waals surface area contributed by atoms with Crippen LogP contribution < -0.4 is 0 Å². The van der Waals surface area contributed by atoms with Crippen LogP contribution in [0.2, 0.25) is 0 Å². The van der Waals surface area contributed by atoms with E-state index >= 15 is 0 Å². The van der Waals surface area contributed by atoms with Crippen LogP contribution in [0.5, 0.6) is 0 Å². The van der Waals surface area contributed by atoms with Gasteiger partial charge in [0.1, 0.15) is 0 Å². The Morgan fingerprint density at radius 1 is 0.519 bits per heavy atom. The van der Waals surface area contributed by atoms with Crippen LogP contribution >= 0.6 is 0 Å². The van der Waals surface area contributed by atoms with Gasteiger partial charge in [0.15, 0.2) is 0 Å². The summed E-state index contributed by atoms with van der Waals surface area (Å²) in [6.07, 6.45) is 2.09. The first-order valence-electron chi connectivity index (χ1n) is 18.6. The first-order chi connectivity index (χ1) is 26.5. The Hall–Kier alpha value is -6.76. The van der Waals surface area contributed by atoms with Crippen LogP contribution in [-0.4, -0.2) is 5.84 Å².